The first kappa shape index (κ1) is 45.9. The van der Waals surface area contributed by atoms with Gasteiger partial charge in [-0.2, -0.15) is 5.26 Å². The maximum absolute atomic E-state index is 13.6. The van der Waals surface area contributed by atoms with Crippen LogP contribution in [-0.2, 0) is 30.7 Å². The molecular formula is C47H54N5O9P. The maximum Gasteiger partial charge on any atom is 0.330 e. The molecule has 62 heavy (non-hydrogen) atoms. The van der Waals surface area contributed by atoms with Crippen molar-refractivity contribution in [3.63, 3.8) is 0 Å². The summed E-state index contributed by atoms with van der Waals surface area (Å²) in [6.45, 7) is 8.44. The van der Waals surface area contributed by atoms with Crippen LogP contribution in [0.2, 0.25) is 0 Å². The summed E-state index contributed by atoms with van der Waals surface area (Å²) in [5.41, 5.74) is 0.237. The van der Waals surface area contributed by atoms with Gasteiger partial charge in [0.25, 0.3) is 20.0 Å². The van der Waals surface area contributed by atoms with Crippen LogP contribution in [0.4, 0.5) is 0 Å². The summed E-state index contributed by atoms with van der Waals surface area (Å²) in [5, 5.41) is 12.2. The summed E-state index contributed by atoms with van der Waals surface area (Å²) >= 11 is 0. The van der Waals surface area contributed by atoms with Gasteiger partial charge >= 0.3 is 5.69 Å². The van der Waals surface area contributed by atoms with Crippen molar-refractivity contribution in [2.45, 2.75) is 83.2 Å². The van der Waals surface area contributed by atoms with Crippen LogP contribution in [0, 0.1) is 11.3 Å². The zero-order valence-electron chi connectivity index (χ0n) is 35.9. The minimum absolute atomic E-state index is 0.00524. The van der Waals surface area contributed by atoms with E-state index in [-0.39, 0.29) is 50.2 Å². The van der Waals surface area contributed by atoms with E-state index in [0.29, 0.717) is 11.5 Å². The molecular weight excluding hydrogens is 810 g/mol. The Labute approximate surface area is 363 Å². The molecule has 1 aromatic heterocycles. The molecule has 1 amide bonds. The number of aromatic amines is 1. The molecule has 0 aliphatic carbocycles. The first-order chi connectivity index (χ1) is 30.0. The van der Waals surface area contributed by atoms with E-state index in [2.05, 4.69) is 21.0 Å². The van der Waals surface area contributed by atoms with Crippen LogP contribution in [0.5, 0.6) is 11.5 Å². The number of ether oxygens (including phenoxy) is 4. The van der Waals surface area contributed by atoms with Crippen molar-refractivity contribution in [3.05, 3.63) is 164 Å². The normalized spacial score (nSPS) is 16.9. The minimum Gasteiger partial charge on any atom is -0.497 e. The molecule has 4 aromatic carbocycles. The number of nitriles is 1. The van der Waals surface area contributed by atoms with E-state index in [9.17, 15) is 19.6 Å². The molecule has 1 aliphatic heterocycles. The van der Waals surface area contributed by atoms with E-state index in [4.69, 9.17) is 28.0 Å². The number of methoxy groups -OCH3 is 2. The van der Waals surface area contributed by atoms with Crippen LogP contribution in [0.15, 0.2) is 125 Å². The molecule has 6 rings (SSSR count). The van der Waals surface area contributed by atoms with Crippen molar-refractivity contribution in [3.8, 4) is 17.6 Å². The fraction of sp³-hybridized carbons (Fsp3) is 0.362. The van der Waals surface area contributed by atoms with Gasteiger partial charge in [-0.05, 0) is 74.2 Å². The Hall–Kier alpha value is -5.65. The van der Waals surface area contributed by atoms with Gasteiger partial charge in [0.15, 0.2) is 0 Å². The van der Waals surface area contributed by atoms with Crippen molar-refractivity contribution in [1.82, 2.24) is 19.5 Å². The predicted molar refractivity (Wildman–Crippen MR) is 236 cm³/mol. The highest BCUT2D eigenvalue weighted by Crippen LogP contribution is 2.50. The Balaban J connectivity index is 1.42. The number of hydrogen-bond acceptors (Lipinski definition) is 11. The smallest absolute Gasteiger partial charge is 0.330 e. The molecule has 14 nitrogen and oxygen atoms in total. The zero-order chi connectivity index (χ0) is 44.2. The van der Waals surface area contributed by atoms with E-state index in [1.54, 1.807) is 14.2 Å². The topological polar surface area (TPSA) is 166 Å². The highest BCUT2D eigenvalue weighted by atomic mass is 31.2. The molecule has 5 aromatic rings. The zero-order valence-corrected chi connectivity index (χ0v) is 36.7. The number of H-pyrrole nitrogens is 1. The molecule has 0 saturated carbocycles. The van der Waals surface area contributed by atoms with Crippen LogP contribution < -0.4 is 26.0 Å². The molecule has 1 aliphatic rings. The summed E-state index contributed by atoms with van der Waals surface area (Å²) in [6.07, 6.45) is -1.03. The largest absolute Gasteiger partial charge is 0.497 e. The number of benzene rings is 4. The lowest BCUT2D eigenvalue weighted by Gasteiger charge is -2.39. The summed E-state index contributed by atoms with van der Waals surface area (Å²) in [4.78, 5) is 42.4. The van der Waals surface area contributed by atoms with Gasteiger partial charge in [-0.3, -0.25) is 19.1 Å². The second kappa shape index (κ2) is 21.4. The Morgan fingerprint density at radius 1 is 0.887 bits per heavy atom. The maximum atomic E-state index is 13.6. The highest BCUT2D eigenvalue weighted by molar-refractivity contribution is 7.44. The summed E-state index contributed by atoms with van der Waals surface area (Å²) in [7, 11) is 1.45. The molecule has 1 saturated heterocycles. The molecule has 0 spiro atoms. The van der Waals surface area contributed by atoms with E-state index >= 15 is 0 Å². The molecule has 1 fully saturated rings. The molecule has 2 heterocycles. The third-order valence-electron chi connectivity index (χ3n) is 10.5. The first-order valence-corrected chi connectivity index (χ1v) is 21.7. The van der Waals surface area contributed by atoms with E-state index < -0.39 is 49.7 Å². The quantitative estimate of drug-likeness (QED) is 0.0454. The second-order valence-corrected chi connectivity index (χ2v) is 16.7. The van der Waals surface area contributed by atoms with Gasteiger partial charge in [-0.1, -0.05) is 84.9 Å². The molecule has 1 unspecified atom stereocenters. The van der Waals surface area contributed by atoms with Crippen LogP contribution in [0.1, 0.15) is 79.4 Å². The number of rotatable bonds is 20. The molecule has 0 radical (unpaired) electrons. The first-order valence-electron chi connectivity index (χ1n) is 20.6. The summed E-state index contributed by atoms with van der Waals surface area (Å²) in [6, 6.07) is 36.6. The Kier molecular flexibility index (Phi) is 15.9. The average Bonchev–Trinajstić information content (AvgIpc) is 3.68. The number of amides is 1. The predicted octanol–water partition coefficient (Wildman–Crippen LogP) is 7.44. The number of hydrogen-bond donors (Lipinski definition) is 2. The van der Waals surface area contributed by atoms with Crippen molar-refractivity contribution in [2.24, 2.45) is 0 Å². The van der Waals surface area contributed by atoms with Gasteiger partial charge in [0, 0.05) is 31.2 Å². The Morgan fingerprint density at radius 3 is 2.00 bits per heavy atom. The number of carbonyl (C=O) groups excluding carboxylic acids is 1. The monoisotopic (exact) mass is 863 g/mol. The molecule has 326 valence electrons. The third kappa shape index (κ3) is 10.7. The van der Waals surface area contributed by atoms with Crippen molar-refractivity contribution in [2.75, 3.05) is 27.4 Å². The van der Waals surface area contributed by atoms with Gasteiger partial charge in [0.2, 0.25) is 0 Å². The van der Waals surface area contributed by atoms with Crippen molar-refractivity contribution < 1.29 is 32.8 Å². The lowest BCUT2D eigenvalue weighted by molar-refractivity contribution is -0.0926. The van der Waals surface area contributed by atoms with Crippen LogP contribution >= 0.6 is 8.53 Å². The third-order valence-corrected chi connectivity index (χ3v) is 12.7. The Morgan fingerprint density at radius 2 is 1.45 bits per heavy atom. The fourth-order valence-electron chi connectivity index (χ4n) is 7.56. The van der Waals surface area contributed by atoms with Gasteiger partial charge in [-0.25, -0.2) is 9.46 Å². The Bertz CT molecular complexity index is 2310. The lowest BCUT2D eigenvalue weighted by Crippen LogP contribution is -2.40. The van der Waals surface area contributed by atoms with Gasteiger partial charge in [-0.15, -0.1) is 0 Å². The van der Waals surface area contributed by atoms with Gasteiger partial charge < -0.3 is 33.3 Å². The molecule has 0 bridgehead atoms. The van der Waals surface area contributed by atoms with Crippen LogP contribution in [0.25, 0.3) is 0 Å². The number of carbonyl (C=O) groups is 1. The molecule has 15 heteroatoms. The number of aromatic nitrogens is 2. The highest BCUT2D eigenvalue weighted by Gasteiger charge is 2.45. The minimum atomic E-state index is -1.77. The van der Waals surface area contributed by atoms with Crippen molar-refractivity contribution >= 4 is 14.4 Å². The average molecular weight is 864 g/mol. The summed E-state index contributed by atoms with van der Waals surface area (Å²) < 4.78 is 41.7. The van der Waals surface area contributed by atoms with E-state index in [1.807, 2.05) is 137 Å². The van der Waals surface area contributed by atoms with E-state index in [1.165, 1.54) is 10.8 Å². The molecule has 2 N–H and O–H groups in total. The van der Waals surface area contributed by atoms with E-state index in [0.717, 1.165) is 22.3 Å². The van der Waals surface area contributed by atoms with Crippen LogP contribution in [0.3, 0.4) is 0 Å². The SMILES string of the molecule is COc1ccc(C(OC[C@@H]2O[C@H](n3cc(C(=O)NCc4ccccc4)c(=O)[nH]c3=O)C[C@H]2OP(OCCC#N)N(C(C)C)C(C)C)(c2ccccc2)c2ccc(OC)cc2)cc1. The van der Waals surface area contributed by atoms with Crippen LogP contribution in [-0.4, -0.2) is 71.9 Å². The van der Waals surface area contributed by atoms with Gasteiger partial charge in [0.1, 0.15) is 35.0 Å². The van der Waals surface area contributed by atoms with Crippen molar-refractivity contribution in [1.29, 1.82) is 5.26 Å². The second-order valence-electron chi connectivity index (χ2n) is 15.2. The van der Waals surface area contributed by atoms with Gasteiger partial charge in [0.05, 0.1) is 46.0 Å². The molecule has 4 atom stereocenters. The number of nitrogens with zero attached hydrogens (tertiary/aromatic N) is 3. The standard InChI is InChI=1S/C47H54N5O9P/c1-32(2)52(33(3)4)62(59-27-13-26-48)61-41-28-43(51-30-40(45(54)50-46(51)55)44(53)49-29-34-14-9-7-10-15-34)60-42(41)31-58-47(35-16-11-8-12-17-35,36-18-22-38(56-5)23-19-36)37-20-24-39(57-6)25-21-37/h7-12,14-25,30,32-33,41-43H,13,27-29,31H2,1-6H3,(H,49,53)(H,50,54,55)/t41-,42+,43+,62?/m1/s1. The summed E-state index contributed by atoms with van der Waals surface area (Å²) in [5.74, 6) is 0.690. The fourth-order valence-corrected chi connectivity index (χ4v) is 9.32. The lowest BCUT2D eigenvalue weighted by atomic mass is 9.80. The number of nitrogens with one attached hydrogen (secondary N) is 2.